The third kappa shape index (κ3) is 5.18. The summed E-state index contributed by atoms with van der Waals surface area (Å²) in [6.07, 6.45) is 9.03. The fourth-order valence-corrected chi connectivity index (χ4v) is 2.17. The Labute approximate surface area is 127 Å². The molecule has 21 heavy (non-hydrogen) atoms. The van der Waals surface area contributed by atoms with Crippen LogP contribution in [0.25, 0.3) is 0 Å². The summed E-state index contributed by atoms with van der Waals surface area (Å²) in [4.78, 5) is 23.4. The van der Waals surface area contributed by atoms with Crippen LogP contribution >= 0.6 is 0 Å². The minimum Gasteiger partial charge on any atom is -0.364 e. The van der Waals surface area contributed by atoms with Crippen molar-refractivity contribution in [2.24, 2.45) is 0 Å². The number of hydrogen-bond donors (Lipinski definition) is 1. The first kappa shape index (κ1) is 17.2. The average molecular weight is 287 g/mol. The predicted molar refractivity (Wildman–Crippen MR) is 86.6 cm³/mol. The summed E-state index contributed by atoms with van der Waals surface area (Å²) in [7, 11) is 0. The Morgan fingerprint density at radius 3 is 2.29 bits per heavy atom. The molecule has 0 aromatic heterocycles. The highest BCUT2D eigenvalue weighted by Gasteiger charge is 2.22. The van der Waals surface area contributed by atoms with Crippen LogP contribution in [0.3, 0.4) is 0 Å². The van der Waals surface area contributed by atoms with Crippen molar-refractivity contribution < 1.29 is 9.59 Å². The number of carbonyl (C=O) groups is 2. The summed E-state index contributed by atoms with van der Waals surface area (Å²) < 4.78 is 0. The van der Waals surface area contributed by atoms with Crippen LogP contribution in [0.5, 0.6) is 0 Å². The number of Topliss-reactive ketones (excluding diaryl/α,β-unsaturated/α-hetero) is 2. The first-order valence-electron chi connectivity index (χ1n) is 7.58. The van der Waals surface area contributed by atoms with Gasteiger partial charge in [-0.2, -0.15) is 0 Å². The van der Waals surface area contributed by atoms with Crippen molar-refractivity contribution in [1.29, 1.82) is 0 Å². The van der Waals surface area contributed by atoms with Gasteiger partial charge >= 0.3 is 0 Å². The van der Waals surface area contributed by atoms with Gasteiger partial charge in [-0.05, 0) is 37.8 Å². The van der Waals surface area contributed by atoms with Gasteiger partial charge < -0.3 is 5.32 Å². The van der Waals surface area contributed by atoms with Crippen molar-refractivity contribution >= 4 is 11.6 Å². The number of carbonyl (C=O) groups excluding carboxylic acids is 2. The van der Waals surface area contributed by atoms with E-state index in [1.54, 1.807) is 6.20 Å². The summed E-state index contributed by atoms with van der Waals surface area (Å²) in [6.45, 7) is 10.1. The highest BCUT2D eigenvalue weighted by atomic mass is 16.1. The fraction of sp³-hybridized carbons (Fsp3) is 0.444. The Bertz CT molecular complexity index is 503. The van der Waals surface area contributed by atoms with E-state index in [4.69, 9.17) is 0 Å². The number of rotatable bonds is 6. The number of nitrogens with one attached hydrogen (secondary N) is 1. The average Bonchev–Trinajstić information content (AvgIpc) is 2.47. The molecule has 0 amide bonds. The molecule has 1 aliphatic carbocycles. The SMILES string of the molecule is C=C(CC)/C(=C\C=C(/C)NC=C1C(=O)CCCC1=O)CC. The lowest BCUT2D eigenvalue weighted by molar-refractivity contribution is -0.123. The van der Waals surface area contributed by atoms with E-state index >= 15 is 0 Å². The molecule has 3 nitrogen and oxygen atoms in total. The van der Waals surface area contributed by atoms with Crippen LogP contribution in [0.4, 0.5) is 0 Å². The van der Waals surface area contributed by atoms with Gasteiger partial charge in [-0.1, -0.05) is 32.1 Å². The van der Waals surface area contributed by atoms with Crippen molar-refractivity contribution in [3.8, 4) is 0 Å². The normalized spacial score (nSPS) is 17.0. The van der Waals surface area contributed by atoms with Gasteiger partial charge in [0.1, 0.15) is 0 Å². The van der Waals surface area contributed by atoms with Gasteiger partial charge in [-0.3, -0.25) is 9.59 Å². The van der Waals surface area contributed by atoms with Crippen molar-refractivity contribution in [3.63, 3.8) is 0 Å². The van der Waals surface area contributed by atoms with Crippen LogP contribution in [0.1, 0.15) is 52.9 Å². The van der Waals surface area contributed by atoms with E-state index in [0.29, 0.717) is 24.8 Å². The first-order valence-corrected chi connectivity index (χ1v) is 7.58. The van der Waals surface area contributed by atoms with Gasteiger partial charge in [0.15, 0.2) is 11.6 Å². The molecule has 0 aromatic rings. The maximum Gasteiger partial charge on any atom is 0.167 e. The molecular weight excluding hydrogens is 262 g/mol. The van der Waals surface area contributed by atoms with E-state index in [2.05, 4.69) is 25.7 Å². The maximum absolute atomic E-state index is 11.7. The molecule has 0 unspecified atom stereocenters. The molecule has 1 fully saturated rings. The minimum absolute atomic E-state index is 0.0595. The van der Waals surface area contributed by atoms with E-state index in [9.17, 15) is 9.59 Å². The molecule has 1 aliphatic rings. The summed E-state index contributed by atoms with van der Waals surface area (Å²) in [6, 6.07) is 0. The topological polar surface area (TPSA) is 46.2 Å². The second-order valence-electron chi connectivity index (χ2n) is 5.25. The molecule has 0 spiro atoms. The highest BCUT2D eigenvalue weighted by Crippen LogP contribution is 2.17. The van der Waals surface area contributed by atoms with E-state index in [1.165, 1.54) is 5.57 Å². The van der Waals surface area contributed by atoms with Gasteiger partial charge in [0, 0.05) is 24.7 Å². The van der Waals surface area contributed by atoms with Gasteiger partial charge in [0.2, 0.25) is 0 Å². The molecule has 0 heterocycles. The van der Waals surface area contributed by atoms with Crippen LogP contribution in [0.15, 0.2) is 47.3 Å². The predicted octanol–water partition coefficient (Wildman–Crippen LogP) is 3.99. The molecule has 0 aliphatic heterocycles. The summed E-state index contributed by atoms with van der Waals surface area (Å²) >= 11 is 0. The molecule has 1 saturated carbocycles. The monoisotopic (exact) mass is 287 g/mol. The standard InChI is InChI=1S/C18H25NO2/c1-5-13(3)15(6-2)11-10-14(4)19-12-16-17(20)8-7-9-18(16)21/h10-12,19H,3,5-9H2,1-2,4H3/b14-10+,15-11-. The zero-order valence-corrected chi connectivity index (χ0v) is 13.3. The third-order valence-corrected chi connectivity index (χ3v) is 3.65. The maximum atomic E-state index is 11.7. The Kier molecular flexibility index (Phi) is 6.86. The molecular formula is C18H25NO2. The van der Waals surface area contributed by atoms with Crippen molar-refractivity contribution in [1.82, 2.24) is 5.32 Å². The molecule has 114 valence electrons. The van der Waals surface area contributed by atoms with E-state index in [-0.39, 0.29) is 11.6 Å². The van der Waals surface area contributed by atoms with Crippen molar-refractivity contribution in [3.05, 3.63) is 47.3 Å². The Balaban J connectivity index is 2.76. The Hall–Kier alpha value is -1.90. The van der Waals surface area contributed by atoms with Crippen LogP contribution in [0.2, 0.25) is 0 Å². The second-order valence-corrected chi connectivity index (χ2v) is 5.25. The van der Waals surface area contributed by atoms with Crippen molar-refractivity contribution in [2.75, 3.05) is 0 Å². The number of allylic oxidation sites excluding steroid dienone is 6. The zero-order valence-electron chi connectivity index (χ0n) is 13.3. The summed E-state index contributed by atoms with van der Waals surface area (Å²) in [5.41, 5.74) is 3.55. The van der Waals surface area contributed by atoms with Gasteiger partial charge in [0.25, 0.3) is 0 Å². The number of ketones is 2. The Morgan fingerprint density at radius 1 is 1.14 bits per heavy atom. The van der Waals surface area contributed by atoms with Crippen LogP contribution in [0, 0.1) is 0 Å². The molecule has 0 saturated heterocycles. The quantitative estimate of drug-likeness (QED) is 0.456. The lowest BCUT2D eigenvalue weighted by Gasteiger charge is -2.12. The lowest BCUT2D eigenvalue weighted by atomic mass is 9.93. The molecule has 1 N–H and O–H groups in total. The minimum atomic E-state index is -0.0595. The van der Waals surface area contributed by atoms with E-state index < -0.39 is 0 Å². The van der Waals surface area contributed by atoms with Crippen LogP contribution in [-0.2, 0) is 9.59 Å². The summed E-state index contributed by atoms with van der Waals surface area (Å²) in [5.74, 6) is -0.119. The van der Waals surface area contributed by atoms with E-state index in [0.717, 1.165) is 24.1 Å². The second kappa shape index (κ2) is 8.40. The van der Waals surface area contributed by atoms with Gasteiger partial charge in [0.05, 0.1) is 5.57 Å². The third-order valence-electron chi connectivity index (χ3n) is 3.65. The molecule has 3 heteroatoms. The molecule has 0 atom stereocenters. The van der Waals surface area contributed by atoms with E-state index in [1.807, 2.05) is 19.1 Å². The van der Waals surface area contributed by atoms with Gasteiger partial charge in [-0.15, -0.1) is 0 Å². The molecule has 0 bridgehead atoms. The Morgan fingerprint density at radius 2 is 1.76 bits per heavy atom. The number of hydrogen-bond acceptors (Lipinski definition) is 3. The summed E-state index contributed by atoms with van der Waals surface area (Å²) in [5, 5.41) is 3.03. The lowest BCUT2D eigenvalue weighted by Crippen LogP contribution is -2.21. The fourth-order valence-electron chi connectivity index (χ4n) is 2.17. The van der Waals surface area contributed by atoms with Gasteiger partial charge in [-0.25, -0.2) is 0 Å². The van der Waals surface area contributed by atoms with Crippen molar-refractivity contribution in [2.45, 2.75) is 52.9 Å². The molecule has 0 aromatic carbocycles. The molecule has 1 rings (SSSR count). The largest absolute Gasteiger partial charge is 0.364 e. The smallest absolute Gasteiger partial charge is 0.167 e. The highest BCUT2D eigenvalue weighted by molar-refractivity contribution is 6.21. The first-order chi connectivity index (χ1) is 9.99. The molecule has 0 radical (unpaired) electrons. The van der Waals surface area contributed by atoms with Crippen LogP contribution < -0.4 is 5.32 Å². The van der Waals surface area contributed by atoms with Crippen LogP contribution in [-0.4, -0.2) is 11.6 Å². The zero-order chi connectivity index (χ0) is 15.8.